The molecular formula is C19H18N2O. The molecule has 1 N–H and O–H groups in total. The molecule has 1 aliphatic rings. The summed E-state index contributed by atoms with van der Waals surface area (Å²) >= 11 is 0. The van der Waals surface area contributed by atoms with Crippen LogP contribution < -0.4 is 10.1 Å². The average molecular weight is 290 g/mol. The molecule has 4 rings (SSSR count). The van der Waals surface area contributed by atoms with E-state index in [0.29, 0.717) is 0 Å². The fraction of sp³-hybridized carbons (Fsp3) is 0.211. The Labute approximate surface area is 130 Å². The van der Waals surface area contributed by atoms with Crippen LogP contribution in [0.4, 0.5) is 0 Å². The number of ether oxygens (including phenoxy) is 1. The van der Waals surface area contributed by atoms with Crippen molar-refractivity contribution in [1.29, 1.82) is 0 Å². The van der Waals surface area contributed by atoms with Crippen LogP contribution in [0.5, 0.6) is 5.75 Å². The van der Waals surface area contributed by atoms with Crippen molar-refractivity contribution in [3.8, 4) is 5.75 Å². The van der Waals surface area contributed by atoms with E-state index in [9.17, 15) is 0 Å². The molecule has 3 heteroatoms. The van der Waals surface area contributed by atoms with Crippen LogP contribution >= 0.6 is 0 Å². The van der Waals surface area contributed by atoms with E-state index in [2.05, 4.69) is 41.7 Å². The number of pyridine rings is 1. The lowest BCUT2D eigenvalue weighted by molar-refractivity contribution is 0.410. The normalized spacial score (nSPS) is 13.3. The second kappa shape index (κ2) is 5.43. The standard InChI is InChI=1S/C19H18N2O/c1-22-19-10-16-12-20-11-15(16)8-14(19)9-17-7-6-13-4-2-3-5-18(13)21-17/h2-8,10,20H,9,11-12H2,1H3. The molecule has 1 aromatic heterocycles. The number of benzene rings is 2. The highest BCUT2D eigenvalue weighted by atomic mass is 16.5. The maximum absolute atomic E-state index is 5.57. The molecular weight excluding hydrogens is 272 g/mol. The van der Waals surface area contributed by atoms with E-state index in [4.69, 9.17) is 9.72 Å². The molecule has 1 aliphatic heterocycles. The zero-order valence-corrected chi connectivity index (χ0v) is 12.6. The first-order chi connectivity index (χ1) is 10.8. The van der Waals surface area contributed by atoms with Gasteiger partial charge in [-0.2, -0.15) is 0 Å². The summed E-state index contributed by atoms with van der Waals surface area (Å²) in [5.74, 6) is 0.956. The van der Waals surface area contributed by atoms with Gasteiger partial charge in [-0.05, 0) is 29.3 Å². The van der Waals surface area contributed by atoms with Gasteiger partial charge in [-0.25, -0.2) is 0 Å². The summed E-state index contributed by atoms with van der Waals surface area (Å²) < 4.78 is 5.57. The molecule has 2 aromatic carbocycles. The number of methoxy groups -OCH3 is 1. The van der Waals surface area contributed by atoms with Gasteiger partial charge in [0.15, 0.2) is 0 Å². The van der Waals surface area contributed by atoms with E-state index >= 15 is 0 Å². The number of hydrogen-bond acceptors (Lipinski definition) is 3. The van der Waals surface area contributed by atoms with Crippen LogP contribution in [0.2, 0.25) is 0 Å². The summed E-state index contributed by atoms with van der Waals surface area (Å²) in [4.78, 5) is 4.77. The predicted octanol–water partition coefficient (Wildman–Crippen LogP) is 3.44. The molecule has 110 valence electrons. The van der Waals surface area contributed by atoms with Crippen molar-refractivity contribution >= 4 is 10.9 Å². The molecule has 22 heavy (non-hydrogen) atoms. The van der Waals surface area contributed by atoms with Crippen LogP contribution in [0, 0.1) is 0 Å². The Morgan fingerprint density at radius 2 is 1.86 bits per heavy atom. The van der Waals surface area contributed by atoms with Gasteiger partial charge >= 0.3 is 0 Å². The number of nitrogens with zero attached hydrogens (tertiary/aromatic N) is 1. The Kier molecular flexibility index (Phi) is 3.28. The molecule has 0 atom stereocenters. The van der Waals surface area contributed by atoms with Gasteiger partial charge in [0, 0.05) is 36.2 Å². The highest BCUT2D eigenvalue weighted by Gasteiger charge is 2.15. The second-order valence-corrected chi connectivity index (χ2v) is 5.71. The lowest BCUT2D eigenvalue weighted by atomic mass is 10.0. The third kappa shape index (κ3) is 2.34. The van der Waals surface area contributed by atoms with Gasteiger partial charge in [0.05, 0.1) is 12.6 Å². The monoisotopic (exact) mass is 290 g/mol. The second-order valence-electron chi connectivity index (χ2n) is 5.71. The number of hydrogen-bond donors (Lipinski definition) is 1. The van der Waals surface area contributed by atoms with Crippen molar-refractivity contribution < 1.29 is 4.74 Å². The van der Waals surface area contributed by atoms with Gasteiger partial charge in [-0.1, -0.05) is 30.3 Å². The lowest BCUT2D eigenvalue weighted by Crippen LogP contribution is -2.00. The molecule has 0 fully saturated rings. The van der Waals surface area contributed by atoms with Crippen LogP contribution in [0.25, 0.3) is 10.9 Å². The lowest BCUT2D eigenvalue weighted by Gasteiger charge is -2.11. The smallest absolute Gasteiger partial charge is 0.122 e. The van der Waals surface area contributed by atoms with E-state index in [1.807, 2.05) is 12.1 Å². The Bertz CT molecular complexity index is 842. The third-order valence-corrected chi connectivity index (χ3v) is 4.26. The molecule has 3 aromatic rings. The van der Waals surface area contributed by atoms with E-state index in [1.54, 1.807) is 7.11 Å². The zero-order chi connectivity index (χ0) is 14.9. The molecule has 0 unspecified atom stereocenters. The molecule has 0 aliphatic carbocycles. The van der Waals surface area contributed by atoms with Crippen LogP contribution in [0.15, 0.2) is 48.5 Å². The number of rotatable bonds is 3. The fourth-order valence-electron chi connectivity index (χ4n) is 3.11. The van der Waals surface area contributed by atoms with Crippen molar-refractivity contribution in [2.75, 3.05) is 7.11 Å². The quantitative estimate of drug-likeness (QED) is 0.802. The van der Waals surface area contributed by atoms with Crippen molar-refractivity contribution in [1.82, 2.24) is 10.3 Å². The average Bonchev–Trinajstić information content (AvgIpc) is 3.01. The summed E-state index contributed by atoms with van der Waals surface area (Å²) in [5, 5.41) is 4.56. The number of fused-ring (bicyclic) bond motifs is 2. The summed E-state index contributed by atoms with van der Waals surface area (Å²) in [6, 6.07) is 16.9. The van der Waals surface area contributed by atoms with Crippen LogP contribution in [-0.4, -0.2) is 12.1 Å². The summed E-state index contributed by atoms with van der Waals surface area (Å²) in [5.41, 5.74) is 6.03. The molecule has 0 amide bonds. The molecule has 0 saturated carbocycles. The van der Waals surface area contributed by atoms with E-state index < -0.39 is 0 Å². The van der Waals surface area contributed by atoms with Gasteiger partial charge in [0.2, 0.25) is 0 Å². The first-order valence-electron chi connectivity index (χ1n) is 7.57. The summed E-state index contributed by atoms with van der Waals surface area (Å²) in [6.07, 6.45) is 0.793. The minimum atomic E-state index is 0.793. The largest absolute Gasteiger partial charge is 0.496 e. The Hall–Kier alpha value is -2.39. The predicted molar refractivity (Wildman–Crippen MR) is 88.1 cm³/mol. The molecule has 0 radical (unpaired) electrons. The Balaban J connectivity index is 1.72. The van der Waals surface area contributed by atoms with Gasteiger partial charge < -0.3 is 10.1 Å². The van der Waals surface area contributed by atoms with E-state index in [1.165, 1.54) is 22.1 Å². The third-order valence-electron chi connectivity index (χ3n) is 4.26. The van der Waals surface area contributed by atoms with Crippen molar-refractivity contribution in [3.05, 3.63) is 70.9 Å². The molecule has 0 saturated heterocycles. The fourth-order valence-corrected chi connectivity index (χ4v) is 3.11. The van der Waals surface area contributed by atoms with Gasteiger partial charge in [0.25, 0.3) is 0 Å². The highest BCUT2D eigenvalue weighted by molar-refractivity contribution is 5.78. The first kappa shape index (κ1) is 13.3. The summed E-state index contributed by atoms with van der Waals surface area (Å²) in [7, 11) is 1.74. The van der Waals surface area contributed by atoms with Gasteiger partial charge in [-0.3, -0.25) is 4.98 Å². The van der Waals surface area contributed by atoms with Gasteiger partial charge in [0.1, 0.15) is 5.75 Å². The SMILES string of the molecule is COc1cc2c(cc1Cc1ccc3ccccc3n1)CNC2. The van der Waals surface area contributed by atoms with Crippen molar-refractivity contribution in [2.24, 2.45) is 0 Å². The first-order valence-corrected chi connectivity index (χ1v) is 7.57. The van der Waals surface area contributed by atoms with Crippen molar-refractivity contribution in [2.45, 2.75) is 19.5 Å². The topological polar surface area (TPSA) is 34.1 Å². The Morgan fingerprint density at radius 3 is 2.73 bits per heavy atom. The van der Waals surface area contributed by atoms with E-state index in [-0.39, 0.29) is 0 Å². The van der Waals surface area contributed by atoms with Crippen molar-refractivity contribution in [3.63, 3.8) is 0 Å². The highest BCUT2D eigenvalue weighted by Crippen LogP contribution is 2.28. The molecule has 2 heterocycles. The molecule has 3 nitrogen and oxygen atoms in total. The molecule has 0 bridgehead atoms. The van der Waals surface area contributed by atoms with Gasteiger partial charge in [-0.15, -0.1) is 0 Å². The minimum Gasteiger partial charge on any atom is -0.496 e. The van der Waals surface area contributed by atoms with Crippen LogP contribution in [0.1, 0.15) is 22.4 Å². The minimum absolute atomic E-state index is 0.793. The Morgan fingerprint density at radius 1 is 1.05 bits per heavy atom. The maximum atomic E-state index is 5.57. The maximum Gasteiger partial charge on any atom is 0.122 e. The summed E-state index contributed by atoms with van der Waals surface area (Å²) in [6.45, 7) is 1.87. The number of aromatic nitrogens is 1. The zero-order valence-electron chi connectivity index (χ0n) is 12.6. The number of nitrogens with one attached hydrogen (secondary N) is 1. The molecule has 0 spiro atoms. The van der Waals surface area contributed by atoms with E-state index in [0.717, 1.165) is 36.5 Å². The van der Waals surface area contributed by atoms with Crippen LogP contribution in [0.3, 0.4) is 0 Å². The number of para-hydroxylation sites is 1. The van der Waals surface area contributed by atoms with Crippen LogP contribution in [-0.2, 0) is 19.5 Å².